The van der Waals surface area contributed by atoms with Crippen molar-refractivity contribution in [3.05, 3.63) is 178 Å². The number of methoxy groups -OCH3 is 2. The lowest BCUT2D eigenvalue weighted by Crippen LogP contribution is -2.55. The van der Waals surface area contributed by atoms with Crippen LogP contribution in [0.1, 0.15) is 106 Å². The van der Waals surface area contributed by atoms with Crippen molar-refractivity contribution in [3.8, 4) is 23.0 Å². The highest BCUT2D eigenvalue weighted by Crippen LogP contribution is 2.43. The molecule has 5 atom stereocenters. The van der Waals surface area contributed by atoms with Gasteiger partial charge in [0.15, 0.2) is 29.2 Å². The lowest BCUT2D eigenvalue weighted by atomic mass is 9.93. The Morgan fingerprint density at radius 2 is 1.29 bits per heavy atom. The van der Waals surface area contributed by atoms with Crippen molar-refractivity contribution >= 4 is 70.7 Å². The lowest BCUT2D eigenvalue weighted by molar-refractivity contribution is -0.137. The summed E-state index contributed by atoms with van der Waals surface area (Å²) in [4.78, 5) is 121. The molecule has 4 N–H and O–H groups in total. The highest BCUT2D eigenvalue weighted by atomic mass is 16.6. The first kappa shape index (κ1) is 63.2. The molecule has 0 saturated heterocycles. The number of aromatic nitrogens is 1. The van der Waals surface area contributed by atoms with Crippen molar-refractivity contribution in [2.24, 2.45) is 10.9 Å². The molecule has 23 heteroatoms. The van der Waals surface area contributed by atoms with Crippen LogP contribution in [0.25, 0.3) is 0 Å². The third-order valence-electron chi connectivity index (χ3n) is 17.0. The highest BCUT2D eigenvalue weighted by Gasteiger charge is 2.46. The number of nitrogens with one attached hydrogen (secondary N) is 3. The number of unbranched alkanes of at least 4 members (excludes halogenated alkanes) is 2. The van der Waals surface area contributed by atoms with Crippen molar-refractivity contribution in [3.63, 3.8) is 0 Å². The third-order valence-corrected chi connectivity index (χ3v) is 17.0. The van der Waals surface area contributed by atoms with Crippen LogP contribution in [0.3, 0.4) is 0 Å². The van der Waals surface area contributed by atoms with Gasteiger partial charge in [0.25, 0.3) is 23.6 Å². The minimum Gasteiger partial charge on any atom is -0.493 e. The van der Waals surface area contributed by atoms with E-state index in [1.165, 1.54) is 51.0 Å². The Hall–Kier alpha value is -10.4. The summed E-state index contributed by atoms with van der Waals surface area (Å²) < 4.78 is 30.2. The maximum atomic E-state index is 14.8. The van der Waals surface area contributed by atoms with Gasteiger partial charge in [-0.25, -0.2) is 9.69 Å². The maximum absolute atomic E-state index is 14.8. The number of anilines is 2. The Morgan fingerprint density at radius 3 is 1.99 bits per heavy atom. The number of pyridine rings is 1. The molecule has 476 valence electrons. The molecule has 6 aromatic rings. The van der Waals surface area contributed by atoms with Crippen LogP contribution in [0.5, 0.6) is 23.0 Å². The summed E-state index contributed by atoms with van der Waals surface area (Å²) in [5.74, 6) is -1.99. The van der Waals surface area contributed by atoms with Crippen molar-refractivity contribution in [2.75, 3.05) is 31.0 Å². The van der Waals surface area contributed by atoms with Gasteiger partial charge in [0.1, 0.15) is 31.9 Å². The molecule has 0 bridgehead atoms. The van der Waals surface area contributed by atoms with Gasteiger partial charge in [0, 0.05) is 68.4 Å². The Balaban J connectivity index is 0.733. The molecule has 1 aromatic heterocycles. The van der Waals surface area contributed by atoms with Crippen LogP contribution in [-0.4, -0.2) is 130 Å². The van der Waals surface area contributed by atoms with Crippen molar-refractivity contribution in [1.82, 2.24) is 30.3 Å². The van der Waals surface area contributed by atoms with Gasteiger partial charge in [-0.15, -0.1) is 0 Å². The minimum absolute atomic E-state index is 0.0119. The second kappa shape index (κ2) is 27.8. The molecule has 92 heavy (non-hydrogen) atoms. The number of amides is 8. The average Bonchev–Trinajstić information content (AvgIpc) is 1.58. The van der Waals surface area contributed by atoms with Crippen LogP contribution in [-0.2, 0) is 74.5 Å². The van der Waals surface area contributed by atoms with Gasteiger partial charge in [-0.2, -0.15) is 0 Å². The number of nitrogens with zero attached hydrogens (tertiary/aromatic N) is 6. The number of carbonyl (C=O) groups excluding carboxylic acids is 8. The van der Waals surface area contributed by atoms with E-state index in [4.69, 9.17) is 28.7 Å². The molecule has 0 saturated carbocycles. The summed E-state index contributed by atoms with van der Waals surface area (Å²) in [6.45, 7) is 5.65. The van der Waals surface area contributed by atoms with E-state index in [0.29, 0.717) is 71.9 Å². The van der Waals surface area contributed by atoms with Gasteiger partial charge in [0.2, 0.25) is 17.7 Å². The third kappa shape index (κ3) is 13.8. The Bertz CT molecular complexity index is 3910. The fourth-order valence-electron chi connectivity index (χ4n) is 11.9. The molecule has 5 aliphatic heterocycles. The van der Waals surface area contributed by atoms with Crippen LogP contribution in [0.2, 0.25) is 0 Å². The lowest BCUT2D eigenvalue weighted by Gasteiger charge is -2.39. The Labute approximate surface area is 531 Å². The number of imide groups is 1. The zero-order valence-corrected chi connectivity index (χ0v) is 51.6. The summed E-state index contributed by atoms with van der Waals surface area (Å²) in [5, 5.41) is 20.6. The van der Waals surface area contributed by atoms with Gasteiger partial charge in [-0.3, -0.25) is 48.4 Å². The van der Waals surface area contributed by atoms with Crippen molar-refractivity contribution in [2.45, 2.75) is 123 Å². The quantitative estimate of drug-likeness (QED) is 0.0375. The molecule has 11 rings (SSSR count). The van der Waals surface area contributed by atoms with E-state index in [1.54, 1.807) is 73.5 Å². The fraction of sp³-hybridized carbons (Fsp3) is 0.333. The molecule has 5 aromatic carbocycles. The van der Waals surface area contributed by atoms with E-state index >= 15 is 0 Å². The van der Waals surface area contributed by atoms with Crippen molar-refractivity contribution in [1.29, 1.82) is 0 Å². The highest BCUT2D eigenvalue weighted by molar-refractivity contribution is 6.13. The summed E-state index contributed by atoms with van der Waals surface area (Å²) in [7, 11) is 2.94. The van der Waals surface area contributed by atoms with E-state index in [2.05, 4.69) is 27.0 Å². The van der Waals surface area contributed by atoms with Gasteiger partial charge >= 0.3 is 6.09 Å². The molecular weight excluding hydrogens is 1180 g/mol. The molecule has 0 aliphatic carbocycles. The number of fused-ring (bicyclic) bond motifs is 6. The van der Waals surface area contributed by atoms with Crippen molar-refractivity contribution < 1.29 is 67.1 Å². The normalized spacial score (nSPS) is 17.6. The van der Waals surface area contributed by atoms with E-state index < -0.39 is 48.2 Å². The van der Waals surface area contributed by atoms with Gasteiger partial charge in [-0.05, 0) is 108 Å². The Morgan fingerprint density at radius 1 is 0.652 bits per heavy atom. The maximum Gasteiger partial charge on any atom is 0.416 e. The van der Waals surface area contributed by atoms with E-state index in [0.717, 1.165) is 32.1 Å². The standard InChI is InChI=1S/C69H71N9O14/c1-40(2)63(74-60(79)17-7-6-12-26-75-61(80)22-23-62(75)81)65(83)72-41(3)64(82)73-48-20-18-42(19-21-48)37-92-69(87)78-54-33-59(57(89-5)31-52(54)67(85)77-36-47-16-11-9-14-45(47)29-55(77)68(78)86)91-39-49-27-43(24-25-70-49)38-90-58-32-53-51(30-56(58)88-4)66(84)76-35-46-15-10-8-13-44(46)28-50(76)34-71-53/h8-11,13-16,18-25,27,30-34,40-41,50,55,63,68,86H,6-7,12,17,26,28-29,35-39H2,1-5H3,(H,72,83)(H,73,82)(H,74,79)/t41-,50-,55-,63-,68?/m0/s1. The summed E-state index contributed by atoms with van der Waals surface area (Å²) in [6.07, 6.45) is 5.94. The number of hydrogen-bond acceptors (Lipinski definition) is 16. The van der Waals surface area contributed by atoms with Gasteiger partial charge in [-0.1, -0.05) is 80.9 Å². The summed E-state index contributed by atoms with van der Waals surface area (Å²) >= 11 is 0. The predicted octanol–water partition coefficient (Wildman–Crippen LogP) is 7.65. The Kier molecular flexibility index (Phi) is 19.1. The van der Waals surface area contributed by atoms with E-state index in [9.17, 15) is 43.5 Å². The number of hydrogen-bond donors (Lipinski definition) is 4. The molecule has 8 amide bonds. The van der Waals surface area contributed by atoms with Crippen LogP contribution in [0.4, 0.5) is 21.9 Å². The number of aliphatic imine (C=N–C) groups is 1. The number of rotatable bonds is 22. The van der Waals surface area contributed by atoms with E-state index in [-0.39, 0.29) is 104 Å². The fourth-order valence-corrected chi connectivity index (χ4v) is 11.9. The first-order valence-electron chi connectivity index (χ1n) is 30.6. The molecule has 0 spiro atoms. The molecule has 5 aliphatic rings. The zero-order valence-electron chi connectivity index (χ0n) is 51.6. The smallest absolute Gasteiger partial charge is 0.416 e. The minimum atomic E-state index is -1.60. The van der Waals surface area contributed by atoms with Crippen LogP contribution < -0.4 is 39.8 Å². The molecule has 23 nitrogen and oxygen atoms in total. The first-order valence-corrected chi connectivity index (χ1v) is 30.6. The van der Waals surface area contributed by atoms with Crippen LogP contribution in [0, 0.1) is 5.92 Å². The topological polar surface area (TPSA) is 277 Å². The molecule has 6 heterocycles. The molecule has 0 radical (unpaired) electrons. The zero-order chi connectivity index (χ0) is 64.7. The predicted molar refractivity (Wildman–Crippen MR) is 337 cm³/mol. The first-order chi connectivity index (χ1) is 44.4. The second-order valence-electron chi connectivity index (χ2n) is 23.5. The average molecular weight is 1250 g/mol. The van der Waals surface area contributed by atoms with E-state index in [1.807, 2.05) is 53.6 Å². The SMILES string of the molecule is COc1cc2c(cc1OCc1ccnc(COc3cc4c(cc3OC)C(=O)N3Cc5ccccc5C[C@H]3C(O)N4C(=O)OCc3ccc(NC(=O)[C@H](C)NC(=O)[C@@H](NC(=O)CCCCCN4C(=O)C=CC4=O)C(C)C)cc3)c1)N=C[C@@H]1Cc3ccccc3CN1C2=O. The summed E-state index contributed by atoms with van der Waals surface area (Å²) in [6, 6.07) is 29.0. The number of ether oxygens (including phenoxy) is 5. The summed E-state index contributed by atoms with van der Waals surface area (Å²) in [5.41, 5.74) is 7.14. The molecular formula is C69H71N9O14. The monoisotopic (exact) mass is 1250 g/mol. The number of aliphatic hydroxyl groups excluding tert-OH is 1. The number of aliphatic hydroxyl groups is 1. The number of carbonyl (C=O) groups is 8. The van der Waals surface area contributed by atoms with Gasteiger partial charge < -0.3 is 54.5 Å². The van der Waals surface area contributed by atoms with Crippen LogP contribution in [0.15, 0.2) is 133 Å². The largest absolute Gasteiger partial charge is 0.493 e. The second-order valence-corrected chi connectivity index (χ2v) is 23.5. The van der Waals surface area contributed by atoms with Crippen LogP contribution >= 0.6 is 0 Å². The molecule has 1 unspecified atom stereocenters. The molecule has 0 fully saturated rings. The van der Waals surface area contributed by atoms with Gasteiger partial charge in [0.05, 0.1) is 54.5 Å². The number of benzene rings is 5.